The normalized spacial score (nSPS) is 10.5. The van der Waals surface area contributed by atoms with E-state index in [9.17, 15) is 9.59 Å². The van der Waals surface area contributed by atoms with Crippen LogP contribution in [0.1, 0.15) is 28.8 Å². The van der Waals surface area contributed by atoms with E-state index in [0.29, 0.717) is 12.4 Å². The lowest BCUT2D eigenvalue weighted by Crippen LogP contribution is -2.19. The van der Waals surface area contributed by atoms with Crippen molar-refractivity contribution >= 4 is 5.78 Å². The minimum atomic E-state index is -0.349. The van der Waals surface area contributed by atoms with Crippen molar-refractivity contribution in [2.75, 3.05) is 0 Å². The molecule has 0 atom stereocenters. The van der Waals surface area contributed by atoms with Crippen LogP contribution in [0.4, 0.5) is 0 Å². The lowest BCUT2D eigenvalue weighted by molar-refractivity contribution is 0.102. The Bertz CT molecular complexity index is 610. The molecule has 0 saturated carbocycles. The average molecular weight is 231 g/mol. The Labute approximate surface area is 98.1 Å². The summed E-state index contributed by atoms with van der Waals surface area (Å²) in [5.41, 5.74) is 0.568. The Morgan fingerprint density at radius 3 is 2.94 bits per heavy atom. The van der Waals surface area contributed by atoms with E-state index >= 15 is 0 Å². The standard InChI is InChI=1S/C12H13N3O2/c1-3-15-5-4-13-12(15)11(17)9-7-14-8(2)6-10(9)16/h4-7H,3H2,1-2H3,(H,14,16). The number of hydrogen-bond acceptors (Lipinski definition) is 3. The van der Waals surface area contributed by atoms with Gasteiger partial charge in [0, 0.05) is 36.9 Å². The number of hydrogen-bond donors (Lipinski definition) is 1. The molecule has 0 unspecified atom stereocenters. The number of pyridine rings is 1. The van der Waals surface area contributed by atoms with Crippen LogP contribution in [0.25, 0.3) is 0 Å². The highest BCUT2D eigenvalue weighted by Gasteiger charge is 2.17. The molecule has 0 bridgehead atoms. The number of rotatable bonds is 3. The third kappa shape index (κ3) is 2.04. The topological polar surface area (TPSA) is 67.8 Å². The average Bonchev–Trinajstić information content (AvgIpc) is 2.76. The maximum Gasteiger partial charge on any atom is 0.233 e. The molecule has 17 heavy (non-hydrogen) atoms. The van der Waals surface area contributed by atoms with Crippen LogP contribution in [0, 0.1) is 6.92 Å². The summed E-state index contributed by atoms with van der Waals surface area (Å²) in [5.74, 6) is -0.0556. The van der Waals surface area contributed by atoms with Gasteiger partial charge in [0.15, 0.2) is 11.3 Å². The number of ketones is 1. The van der Waals surface area contributed by atoms with Gasteiger partial charge in [-0.2, -0.15) is 0 Å². The van der Waals surface area contributed by atoms with Gasteiger partial charge in [-0.25, -0.2) is 4.98 Å². The quantitative estimate of drug-likeness (QED) is 0.805. The molecule has 0 aromatic carbocycles. The molecule has 0 saturated heterocycles. The number of carbonyl (C=O) groups is 1. The monoisotopic (exact) mass is 231 g/mol. The molecule has 0 radical (unpaired) electrons. The summed E-state index contributed by atoms with van der Waals surface area (Å²) in [7, 11) is 0. The zero-order valence-corrected chi connectivity index (χ0v) is 9.73. The molecule has 2 aromatic heterocycles. The third-order valence-electron chi connectivity index (χ3n) is 2.56. The smallest absolute Gasteiger partial charge is 0.233 e. The molecule has 0 aliphatic carbocycles. The second-order valence-corrected chi connectivity index (χ2v) is 3.76. The summed E-state index contributed by atoms with van der Waals surface area (Å²) in [6.45, 7) is 4.32. The third-order valence-corrected chi connectivity index (χ3v) is 2.56. The fourth-order valence-corrected chi connectivity index (χ4v) is 1.64. The van der Waals surface area contributed by atoms with Gasteiger partial charge in [0.05, 0.1) is 5.56 Å². The molecular weight excluding hydrogens is 218 g/mol. The van der Waals surface area contributed by atoms with Crippen LogP contribution in [0.2, 0.25) is 0 Å². The number of nitrogens with zero attached hydrogens (tertiary/aromatic N) is 2. The van der Waals surface area contributed by atoms with Crippen molar-refractivity contribution in [3.8, 4) is 0 Å². The van der Waals surface area contributed by atoms with Gasteiger partial charge in [0.2, 0.25) is 5.78 Å². The minimum Gasteiger partial charge on any atom is -0.364 e. The van der Waals surface area contributed by atoms with Gasteiger partial charge < -0.3 is 9.55 Å². The Hall–Kier alpha value is -2.17. The van der Waals surface area contributed by atoms with Gasteiger partial charge in [0.25, 0.3) is 0 Å². The maximum absolute atomic E-state index is 12.1. The molecule has 2 aromatic rings. The van der Waals surface area contributed by atoms with Crippen molar-refractivity contribution in [2.45, 2.75) is 20.4 Å². The Morgan fingerprint density at radius 1 is 1.53 bits per heavy atom. The Morgan fingerprint density at radius 2 is 2.29 bits per heavy atom. The molecule has 5 nitrogen and oxygen atoms in total. The number of H-pyrrole nitrogens is 1. The molecule has 0 aliphatic heterocycles. The van der Waals surface area contributed by atoms with Crippen LogP contribution in [-0.4, -0.2) is 20.3 Å². The van der Waals surface area contributed by atoms with Gasteiger partial charge in [-0.15, -0.1) is 0 Å². The van der Waals surface area contributed by atoms with E-state index in [1.54, 1.807) is 23.9 Å². The van der Waals surface area contributed by atoms with Gasteiger partial charge in [-0.3, -0.25) is 9.59 Å². The fourth-order valence-electron chi connectivity index (χ4n) is 1.64. The molecule has 5 heteroatoms. The van der Waals surface area contributed by atoms with Crippen LogP contribution in [0.3, 0.4) is 0 Å². The highest BCUT2D eigenvalue weighted by atomic mass is 16.1. The number of aryl methyl sites for hydroxylation is 2. The first-order valence-electron chi connectivity index (χ1n) is 5.38. The van der Waals surface area contributed by atoms with Crippen LogP contribution in [0.5, 0.6) is 0 Å². The van der Waals surface area contributed by atoms with Crippen LogP contribution in [-0.2, 0) is 6.54 Å². The lowest BCUT2D eigenvalue weighted by atomic mass is 10.1. The summed E-state index contributed by atoms with van der Waals surface area (Å²) in [6, 6.07) is 1.41. The highest BCUT2D eigenvalue weighted by Crippen LogP contribution is 2.04. The van der Waals surface area contributed by atoms with Gasteiger partial charge in [0.1, 0.15) is 0 Å². The van der Waals surface area contributed by atoms with E-state index in [4.69, 9.17) is 0 Å². The molecule has 2 heterocycles. The molecule has 0 spiro atoms. The van der Waals surface area contributed by atoms with E-state index in [1.807, 2.05) is 6.92 Å². The second kappa shape index (κ2) is 4.37. The van der Waals surface area contributed by atoms with Crippen molar-refractivity contribution in [3.05, 3.63) is 52.0 Å². The van der Waals surface area contributed by atoms with Crippen molar-refractivity contribution in [1.29, 1.82) is 0 Å². The number of imidazole rings is 1. The summed E-state index contributed by atoms with van der Waals surface area (Å²) in [5, 5.41) is 0. The molecule has 0 aliphatic rings. The van der Waals surface area contributed by atoms with Gasteiger partial charge in [-0.05, 0) is 13.8 Å². The summed E-state index contributed by atoms with van der Waals surface area (Å²) in [6.07, 6.45) is 4.71. The number of nitrogens with one attached hydrogen (secondary N) is 1. The summed E-state index contributed by atoms with van der Waals surface area (Å²) >= 11 is 0. The lowest BCUT2D eigenvalue weighted by Gasteiger charge is -2.03. The predicted molar refractivity (Wildman–Crippen MR) is 63.1 cm³/mol. The van der Waals surface area contributed by atoms with E-state index < -0.39 is 0 Å². The number of aromatic amines is 1. The molecular formula is C12H13N3O2. The highest BCUT2D eigenvalue weighted by molar-refractivity contribution is 6.06. The molecule has 88 valence electrons. The zero-order chi connectivity index (χ0) is 12.4. The number of carbonyl (C=O) groups excluding carboxylic acids is 1. The van der Waals surface area contributed by atoms with E-state index in [0.717, 1.165) is 5.69 Å². The van der Waals surface area contributed by atoms with Crippen molar-refractivity contribution in [3.63, 3.8) is 0 Å². The fraction of sp³-hybridized carbons (Fsp3) is 0.250. The van der Waals surface area contributed by atoms with Crippen LogP contribution < -0.4 is 5.43 Å². The number of aromatic nitrogens is 3. The van der Waals surface area contributed by atoms with Crippen molar-refractivity contribution in [2.24, 2.45) is 0 Å². The first kappa shape index (κ1) is 11.3. The first-order chi connectivity index (χ1) is 8.13. The first-order valence-corrected chi connectivity index (χ1v) is 5.38. The SMILES string of the molecule is CCn1ccnc1C(=O)c1c[nH]c(C)cc1=O. The zero-order valence-electron chi connectivity index (χ0n) is 9.73. The second-order valence-electron chi connectivity index (χ2n) is 3.76. The van der Waals surface area contributed by atoms with E-state index in [2.05, 4.69) is 9.97 Å². The van der Waals surface area contributed by atoms with Crippen molar-refractivity contribution in [1.82, 2.24) is 14.5 Å². The molecule has 0 amide bonds. The largest absolute Gasteiger partial charge is 0.364 e. The van der Waals surface area contributed by atoms with Gasteiger partial charge in [-0.1, -0.05) is 0 Å². The van der Waals surface area contributed by atoms with E-state index in [-0.39, 0.29) is 16.8 Å². The van der Waals surface area contributed by atoms with Crippen molar-refractivity contribution < 1.29 is 4.79 Å². The van der Waals surface area contributed by atoms with E-state index in [1.165, 1.54) is 12.3 Å². The van der Waals surface area contributed by atoms with Gasteiger partial charge >= 0.3 is 0 Å². The predicted octanol–water partition coefficient (Wildman–Crippen LogP) is 1.13. The van der Waals surface area contributed by atoms with Crippen LogP contribution in [0.15, 0.2) is 29.5 Å². The minimum absolute atomic E-state index is 0.122. The molecule has 1 N–H and O–H groups in total. The molecule has 0 fully saturated rings. The Kier molecular flexibility index (Phi) is 2.91. The summed E-state index contributed by atoms with van der Waals surface area (Å²) in [4.78, 5) is 30.7. The Balaban J connectivity index is 2.48. The summed E-state index contributed by atoms with van der Waals surface area (Å²) < 4.78 is 1.71. The molecule has 2 rings (SSSR count). The van der Waals surface area contributed by atoms with Crippen LogP contribution >= 0.6 is 0 Å². The maximum atomic E-state index is 12.1.